The van der Waals surface area contributed by atoms with Gasteiger partial charge in [-0.1, -0.05) is 18.7 Å². The average molecular weight is 395 g/mol. The molecule has 1 aliphatic carbocycles. The van der Waals surface area contributed by atoms with Crippen molar-refractivity contribution in [3.05, 3.63) is 16.5 Å². The summed E-state index contributed by atoms with van der Waals surface area (Å²) in [7, 11) is 0. The van der Waals surface area contributed by atoms with Gasteiger partial charge in [0.25, 0.3) is 11.1 Å². The lowest BCUT2D eigenvalue weighted by molar-refractivity contribution is -0.124. The largest absolute Gasteiger partial charge is 0.410 e. The summed E-state index contributed by atoms with van der Waals surface area (Å²) in [6.45, 7) is 4.62. The molecule has 0 radical (unpaired) electrons. The number of aryl methyl sites for hydroxylation is 1. The van der Waals surface area contributed by atoms with E-state index in [-0.39, 0.29) is 24.1 Å². The fraction of sp³-hybridized carbons (Fsp3) is 0.529. The van der Waals surface area contributed by atoms with Crippen LogP contribution >= 0.6 is 23.1 Å². The van der Waals surface area contributed by atoms with Gasteiger partial charge in [-0.3, -0.25) is 9.59 Å². The number of hydrogen-bond donors (Lipinski definition) is 2. The van der Waals surface area contributed by atoms with Gasteiger partial charge in [0.2, 0.25) is 11.8 Å². The molecule has 0 aromatic carbocycles. The van der Waals surface area contributed by atoms with Crippen molar-refractivity contribution in [1.82, 2.24) is 20.8 Å². The summed E-state index contributed by atoms with van der Waals surface area (Å²) in [5.74, 6) is 0.891. The molecule has 0 unspecified atom stereocenters. The average Bonchev–Trinajstić information content (AvgIpc) is 3.24. The van der Waals surface area contributed by atoms with Crippen LogP contribution in [-0.4, -0.2) is 40.9 Å². The minimum atomic E-state index is -0.249. The Hall–Kier alpha value is -1.87. The van der Waals surface area contributed by atoms with E-state index in [1.54, 1.807) is 11.3 Å². The van der Waals surface area contributed by atoms with Gasteiger partial charge in [-0.2, -0.15) is 0 Å². The van der Waals surface area contributed by atoms with Crippen LogP contribution in [-0.2, 0) is 22.4 Å². The second-order valence-corrected chi connectivity index (χ2v) is 8.36. The van der Waals surface area contributed by atoms with Crippen molar-refractivity contribution in [2.75, 3.05) is 18.8 Å². The summed E-state index contributed by atoms with van der Waals surface area (Å²) >= 11 is 2.88. The molecule has 0 bridgehead atoms. The van der Waals surface area contributed by atoms with E-state index in [9.17, 15) is 9.59 Å². The standard InChI is InChI=1S/C17H22N4O3S2/c1-3-18-14(22)8-19-15(23)9-25-17-21-20-16(24-17)13-7-11-6-10(2)4-5-12(11)26-13/h7,10H,3-6,8-9H2,1-2H3,(H,18,22)(H,19,23)/t10-/m0/s1. The lowest BCUT2D eigenvalue weighted by Gasteiger charge is -2.16. The molecule has 0 aliphatic heterocycles. The smallest absolute Gasteiger partial charge is 0.277 e. The topological polar surface area (TPSA) is 97.1 Å². The van der Waals surface area contributed by atoms with Crippen LogP contribution in [0.5, 0.6) is 0 Å². The highest BCUT2D eigenvalue weighted by Crippen LogP contribution is 2.37. The number of hydrogen-bond acceptors (Lipinski definition) is 7. The van der Waals surface area contributed by atoms with Crippen molar-refractivity contribution in [2.45, 2.75) is 38.3 Å². The Balaban J connectivity index is 1.52. The first-order valence-corrected chi connectivity index (χ1v) is 10.5. The van der Waals surface area contributed by atoms with Crippen molar-refractivity contribution in [3.8, 4) is 10.8 Å². The molecule has 1 aliphatic rings. The monoisotopic (exact) mass is 394 g/mol. The van der Waals surface area contributed by atoms with Crippen LogP contribution in [0.3, 0.4) is 0 Å². The molecule has 3 rings (SSSR count). The number of nitrogens with zero attached hydrogens (tertiary/aromatic N) is 2. The number of fused-ring (bicyclic) bond motifs is 1. The van der Waals surface area contributed by atoms with E-state index in [0.29, 0.717) is 17.7 Å². The molecule has 0 fully saturated rings. The van der Waals surface area contributed by atoms with Crippen molar-refractivity contribution in [2.24, 2.45) is 5.92 Å². The fourth-order valence-electron chi connectivity index (χ4n) is 2.80. The molecule has 7 nitrogen and oxygen atoms in total. The predicted molar refractivity (Wildman–Crippen MR) is 101 cm³/mol. The summed E-state index contributed by atoms with van der Waals surface area (Å²) in [5, 5.41) is 13.6. The minimum Gasteiger partial charge on any atom is -0.410 e. The van der Waals surface area contributed by atoms with Gasteiger partial charge in [0.15, 0.2) is 0 Å². The molecule has 0 saturated carbocycles. The molecule has 26 heavy (non-hydrogen) atoms. The fourth-order valence-corrected chi connectivity index (χ4v) is 4.52. The van der Waals surface area contributed by atoms with Gasteiger partial charge < -0.3 is 15.1 Å². The molecule has 9 heteroatoms. The van der Waals surface area contributed by atoms with Crippen molar-refractivity contribution in [3.63, 3.8) is 0 Å². The Morgan fingerprint density at radius 3 is 3.00 bits per heavy atom. The molecule has 2 heterocycles. The van der Waals surface area contributed by atoms with Crippen molar-refractivity contribution < 1.29 is 14.0 Å². The summed E-state index contributed by atoms with van der Waals surface area (Å²) in [6.07, 6.45) is 3.44. The van der Waals surface area contributed by atoms with Crippen LogP contribution in [0.25, 0.3) is 10.8 Å². The van der Waals surface area contributed by atoms with Gasteiger partial charge in [-0.25, -0.2) is 0 Å². The van der Waals surface area contributed by atoms with Crippen molar-refractivity contribution >= 4 is 34.9 Å². The molecule has 2 amide bonds. The second kappa shape index (κ2) is 8.68. The summed E-state index contributed by atoms with van der Waals surface area (Å²) in [4.78, 5) is 25.5. The van der Waals surface area contributed by atoms with E-state index in [1.807, 2.05) is 6.92 Å². The molecule has 0 spiro atoms. The number of carbonyl (C=O) groups excluding carboxylic acids is 2. The van der Waals surface area contributed by atoms with Crippen LogP contribution in [0.2, 0.25) is 0 Å². The predicted octanol–water partition coefficient (Wildman–Crippen LogP) is 2.27. The maximum Gasteiger partial charge on any atom is 0.277 e. The summed E-state index contributed by atoms with van der Waals surface area (Å²) < 4.78 is 5.68. The lowest BCUT2D eigenvalue weighted by atomic mass is 9.90. The van der Waals surface area contributed by atoms with Crippen LogP contribution in [0.1, 0.15) is 30.7 Å². The van der Waals surface area contributed by atoms with E-state index in [4.69, 9.17) is 4.42 Å². The first kappa shape index (κ1) is 18.9. The number of thioether (sulfide) groups is 1. The Morgan fingerprint density at radius 2 is 2.19 bits per heavy atom. The normalized spacial score (nSPS) is 16.2. The van der Waals surface area contributed by atoms with E-state index >= 15 is 0 Å². The molecule has 2 aromatic heterocycles. The molecule has 1 atom stereocenters. The Morgan fingerprint density at radius 1 is 1.35 bits per heavy atom. The quantitative estimate of drug-likeness (QED) is 0.699. The first-order chi connectivity index (χ1) is 12.5. The highest BCUT2D eigenvalue weighted by Gasteiger charge is 2.21. The number of aromatic nitrogens is 2. The maximum atomic E-state index is 11.8. The zero-order chi connectivity index (χ0) is 18.5. The maximum absolute atomic E-state index is 11.8. The highest BCUT2D eigenvalue weighted by atomic mass is 32.2. The number of amides is 2. The third kappa shape index (κ3) is 4.85. The van der Waals surface area contributed by atoms with Crippen molar-refractivity contribution in [1.29, 1.82) is 0 Å². The third-order valence-electron chi connectivity index (χ3n) is 4.09. The summed E-state index contributed by atoms with van der Waals surface area (Å²) in [6, 6.07) is 2.15. The molecular formula is C17H22N4O3S2. The minimum absolute atomic E-state index is 0.0263. The molecule has 140 valence electrons. The van der Waals surface area contributed by atoms with Crippen LogP contribution in [0, 0.1) is 5.92 Å². The highest BCUT2D eigenvalue weighted by molar-refractivity contribution is 7.99. The number of rotatable bonds is 7. The SMILES string of the molecule is CCNC(=O)CNC(=O)CSc1nnc(-c2cc3c(s2)CC[C@H](C)C3)o1. The third-order valence-corrected chi connectivity index (χ3v) is 6.14. The Bertz CT molecular complexity index is 787. The Kier molecular flexibility index (Phi) is 6.31. The number of carbonyl (C=O) groups is 2. The van der Waals surface area contributed by atoms with Gasteiger partial charge in [-0.15, -0.1) is 21.5 Å². The zero-order valence-electron chi connectivity index (χ0n) is 14.8. The van der Waals surface area contributed by atoms with Gasteiger partial charge in [0, 0.05) is 11.4 Å². The van der Waals surface area contributed by atoms with Gasteiger partial charge in [0.05, 0.1) is 17.2 Å². The molecule has 2 N–H and O–H groups in total. The van der Waals surface area contributed by atoms with E-state index in [0.717, 1.165) is 35.4 Å². The summed E-state index contributed by atoms with van der Waals surface area (Å²) in [5.41, 5.74) is 1.39. The Labute approximate surface area is 160 Å². The van der Waals surface area contributed by atoms with E-state index in [2.05, 4.69) is 33.8 Å². The number of likely N-dealkylation sites (N-methyl/N-ethyl adjacent to an activating group) is 1. The van der Waals surface area contributed by atoms with E-state index < -0.39 is 0 Å². The van der Waals surface area contributed by atoms with Gasteiger partial charge in [-0.05, 0) is 43.7 Å². The molecular weight excluding hydrogens is 372 g/mol. The van der Waals surface area contributed by atoms with Gasteiger partial charge in [0.1, 0.15) is 0 Å². The number of nitrogens with one attached hydrogen (secondary N) is 2. The molecule has 2 aromatic rings. The zero-order valence-corrected chi connectivity index (χ0v) is 16.5. The van der Waals surface area contributed by atoms with Gasteiger partial charge >= 0.3 is 0 Å². The van der Waals surface area contributed by atoms with Crippen LogP contribution in [0.15, 0.2) is 15.7 Å². The number of thiophene rings is 1. The lowest BCUT2D eigenvalue weighted by Crippen LogP contribution is -2.37. The van der Waals surface area contributed by atoms with Crippen LogP contribution < -0.4 is 10.6 Å². The van der Waals surface area contributed by atoms with Crippen LogP contribution in [0.4, 0.5) is 0 Å². The second-order valence-electron chi connectivity index (χ2n) is 6.30. The van der Waals surface area contributed by atoms with E-state index in [1.165, 1.54) is 16.9 Å². The first-order valence-electron chi connectivity index (χ1n) is 8.66. The molecule has 0 saturated heterocycles.